The lowest BCUT2D eigenvalue weighted by molar-refractivity contribution is 0.414. The highest BCUT2D eigenvalue weighted by Crippen LogP contribution is 2.38. The maximum absolute atomic E-state index is 5.39. The molecule has 0 saturated heterocycles. The lowest BCUT2D eigenvalue weighted by atomic mass is 9.91. The first-order valence-electron chi connectivity index (χ1n) is 7.78. The number of methoxy groups -OCH3 is 1. The Balaban J connectivity index is 2.15. The molecule has 0 N–H and O–H groups in total. The molecular weight excluding hydrogens is 256 g/mol. The number of ether oxygens (including phenoxy) is 1. The monoisotopic (exact) mass is 278 g/mol. The third-order valence-corrected chi connectivity index (χ3v) is 4.35. The van der Waals surface area contributed by atoms with Crippen LogP contribution in [0.25, 0.3) is 11.1 Å². The first-order valence-corrected chi connectivity index (χ1v) is 7.78. The molecule has 3 rings (SSSR count). The molecule has 0 atom stereocenters. The van der Waals surface area contributed by atoms with Crippen molar-refractivity contribution in [2.24, 2.45) is 0 Å². The lowest BCUT2D eigenvalue weighted by Gasteiger charge is -2.15. The van der Waals surface area contributed by atoms with Crippen molar-refractivity contribution in [3.8, 4) is 5.75 Å². The molecule has 21 heavy (non-hydrogen) atoms. The van der Waals surface area contributed by atoms with E-state index in [0.717, 1.165) is 25.0 Å². The molecule has 1 aliphatic rings. The van der Waals surface area contributed by atoms with E-state index in [4.69, 9.17) is 4.74 Å². The Hall–Kier alpha value is -2.02. The van der Waals surface area contributed by atoms with Crippen molar-refractivity contribution >= 4 is 11.1 Å². The molecule has 2 aromatic rings. The van der Waals surface area contributed by atoms with Gasteiger partial charge in [0.25, 0.3) is 0 Å². The van der Waals surface area contributed by atoms with Crippen LogP contribution in [0.15, 0.2) is 48.5 Å². The zero-order chi connectivity index (χ0) is 14.7. The molecule has 0 amide bonds. The van der Waals surface area contributed by atoms with Gasteiger partial charge in [0, 0.05) is 0 Å². The van der Waals surface area contributed by atoms with Gasteiger partial charge in [-0.05, 0) is 65.7 Å². The molecule has 0 bridgehead atoms. The van der Waals surface area contributed by atoms with Gasteiger partial charge in [-0.1, -0.05) is 43.3 Å². The largest absolute Gasteiger partial charge is 0.497 e. The second-order valence-electron chi connectivity index (χ2n) is 5.55. The standard InChI is InChI=1S/C20H22O/c1-3-18-19(15-8-5-4-6-9-15)11-7-10-16-14-17(21-2)12-13-20(16)18/h4-6,8-9,12-14H,3,7,10-11H2,1-2H3. The van der Waals surface area contributed by atoms with Gasteiger partial charge in [-0.15, -0.1) is 0 Å². The summed E-state index contributed by atoms with van der Waals surface area (Å²) in [5.41, 5.74) is 7.23. The Labute approximate surface area is 127 Å². The van der Waals surface area contributed by atoms with Gasteiger partial charge in [0.05, 0.1) is 7.11 Å². The molecule has 0 fully saturated rings. The van der Waals surface area contributed by atoms with E-state index < -0.39 is 0 Å². The minimum absolute atomic E-state index is 0.965. The van der Waals surface area contributed by atoms with Crippen molar-refractivity contribution < 1.29 is 4.74 Å². The minimum atomic E-state index is 0.965. The van der Waals surface area contributed by atoms with E-state index in [0.29, 0.717) is 0 Å². The summed E-state index contributed by atoms with van der Waals surface area (Å²) in [5.74, 6) is 0.965. The third kappa shape index (κ3) is 2.73. The molecule has 1 nitrogen and oxygen atoms in total. The summed E-state index contributed by atoms with van der Waals surface area (Å²) in [5, 5.41) is 0. The highest BCUT2D eigenvalue weighted by atomic mass is 16.5. The molecule has 2 aromatic carbocycles. The predicted molar refractivity (Wildman–Crippen MR) is 89.5 cm³/mol. The Morgan fingerprint density at radius 1 is 1.00 bits per heavy atom. The van der Waals surface area contributed by atoms with Crippen LogP contribution in [-0.4, -0.2) is 7.11 Å². The highest BCUT2D eigenvalue weighted by Gasteiger charge is 2.17. The summed E-state index contributed by atoms with van der Waals surface area (Å²) in [6, 6.07) is 17.4. The number of rotatable bonds is 3. The molecule has 0 saturated carbocycles. The summed E-state index contributed by atoms with van der Waals surface area (Å²) in [6.45, 7) is 2.26. The third-order valence-electron chi connectivity index (χ3n) is 4.35. The zero-order valence-electron chi connectivity index (χ0n) is 12.9. The Morgan fingerprint density at radius 3 is 2.52 bits per heavy atom. The van der Waals surface area contributed by atoms with Crippen LogP contribution >= 0.6 is 0 Å². The highest BCUT2D eigenvalue weighted by molar-refractivity contribution is 5.92. The first-order chi connectivity index (χ1) is 10.3. The fraction of sp³-hybridized carbons (Fsp3) is 0.300. The van der Waals surface area contributed by atoms with E-state index in [1.54, 1.807) is 7.11 Å². The van der Waals surface area contributed by atoms with Gasteiger partial charge in [-0.25, -0.2) is 0 Å². The zero-order valence-corrected chi connectivity index (χ0v) is 12.9. The molecule has 1 aliphatic carbocycles. The Morgan fingerprint density at radius 2 is 1.81 bits per heavy atom. The van der Waals surface area contributed by atoms with Crippen LogP contribution in [0, 0.1) is 0 Å². The minimum Gasteiger partial charge on any atom is -0.497 e. The molecule has 1 heteroatoms. The molecule has 0 unspecified atom stereocenters. The van der Waals surface area contributed by atoms with Gasteiger partial charge in [0.15, 0.2) is 0 Å². The van der Waals surface area contributed by atoms with E-state index in [2.05, 4.69) is 55.5 Å². The average molecular weight is 278 g/mol. The lowest BCUT2D eigenvalue weighted by Crippen LogP contribution is -1.94. The number of benzene rings is 2. The van der Waals surface area contributed by atoms with E-state index in [1.807, 2.05) is 0 Å². The van der Waals surface area contributed by atoms with Crippen LogP contribution in [0.2, 0.25) is 0 Å². The maximum Gasteiger partial charge on any atom is 0.119 e. The summed E-state index contributed by atoms with van der Waals surface area (Å²) in [7, 11) is 1.74. The van der Waals surface area contributed by atoms with Gasteiger partial charge >= 0.3 is 0 Å². The topological polar surface area (TPSA) is 9.23 Å². The average Bonchev–Trinajstić information content (AvgIpc) is 2.73. The van der Waals surface area contributed by atoms with Crippen molar-refractivity contribution in [3.63, 3.8) is 0 Å². The van der Waals surface area contributed by atoms with Gasteiger partial charge in [-0.2, -0.15) is 0 Å². The summed E-state index contributed by atoms with van der Waals surface area (Å²) in [6.07, 6.45) is 4.56. The number of hydrogen-bond acceptors (Lipinski definition) is 1. The molecule has 0 aliphatic heterocycles. The SMILES string of the molecule is CCC1=C(c2ccccc2)CCCc2cc(OC)ccc21. The second kappa shape index (κ2) is 6.17. The van der Waals surface area contributed by atoms with E-state index in [-0.39, 0.29) is 0 Å². The van der Waals surface area contributed by atoms with E-state index in [9.17, 15) is 0 Å². The first kappa shape index (κ1) is 13.9. The number of hydrogen-bond donors (Lipinski definition) is 0. The van der Waals surface area contributed by atoms with Gasteiger partial charge < -0.3 is 4.74 Å². The summed E-state index contributed by atoms with van der Waals surface area (Å²) >= 11 is 0. The number of allylic oxidation sites excluding steroid dienone is 2. The van der Waals surface area contributed by atoms with Crippen LogP contribution in [0.5, 0.6) is 5.75 Å². The van der Waals surface area contributed by atoms with Crippen LogP contribution in [-0.2, 0) is 6.42 Å². The fourth-order valence-corrected chi connectivity index (χ4v) is 3.33. The van der Waals surface area contributed by atoms with Crippen LogP contribution in [0.3, 0.4) is 0 Å². The van der Waals surface area contributed by atoms with Crippen molar-refractivity contribution in [2.75, 3.05) is 7.11 Å². The van der Waals surface area contributed by atoms with Gasteiger partial charge in [-0.3, -0.25) is 0 Å². The van der Waals surface area contributed by atoms with Crippen molar-refractivity contribution in [1.29, 1.82) is 0 Å². The maximum atomic E-state index is 5.39. The van der Waals surface area contributed by atoms with Crippen molar-refractivity contribution in [2.45, 2.75) is 32.6 Å². The molecule has 108 valence electrons. The molecule has 0 aromatic heterocycles. The molecule has 0 spiro atoms. The molecule has 0 radical (unpaired) electrons. The Bertz CT molecular complexity index is 653. The van der Waals surface area contributed by atoms with Gasteiger partial charge in [0.2, 0.25) is 0 Å². The Kier molecular flexibility index (Phi) is 4.10. The number of fused-ring (bicyclic) bond motifs is 1. The predicted octanol–water partition coefficient (Wildman–Crippen LogP) is 5.35. The fourth-order valence-electron chi connectivity index (χ4n) is 3.33. The van der Waals surface area contributed by atoms with Crippen LogP contribution in [0.4, 0.5) is 0 Å². The summed E-state index contributed by atoms with van der Waals surface area (Å²) in [4.78, 5) is 0. The van der Waals surface area contributed by atoms with Crippen molar-refractivity contribution in [3.05, 3.63) is 65.2 Å². The van der Waals surface area contributed by atoms with E-state index in [1.165, 1.54) is 34.3 Å². The molecule has 0 heterocycles. The van der Waals surface area contributed by atoms with Gasteiger partial charge in [0.1, 0.15) is 5.75 Å². The number of aryl methyl sites for hydroxylation is 1. The smallest absolute Gasteiger partial charge is 0.119 e. The summed E-state index contributed by atoms with van der Waals surface area (Å²) < 4.78 is 5.39. The molecular formula is C20H22O. The van der Waals surface area contributed by atoms with Crippen LogP contribution < -0.4 is 4.74 Å². The van der Waals surface area contributed by atoms with Crippen LogP contribution in [0.1, 0.15) is 42.9 Å². The van der Waals surface area contributed by atoms with E-state index >= 15 is 0 Å². The quantitative estimate of drug-likeness (QED) is 0.735. The normalized spacial score (nSPS) is 14.6. The van der Waals surface area contributed by atoms with Crippen molar-refractivity contribution in [1.82, 2.24) is 0 Å². The second-order valence-corrected chi connectivity index (χ2v) is 5.55.